The van der Waals surface area contributed by atoms with E-state index in [0.717, 1.165) is 10.4 Å². The van der Waals surface area contributed by atoms with Crippen molar-refractivity contribution in [2.24, 2.45) is 5.73 Å². The number of hydrogen-bond donors (Lipinski definition) is 2. The fourth-order valence-electron chi connectivity index (χ4n) is 1.44. The molecule has 1 aromatic rings. The van der Waals surface area contributed by atoms with Gasteiger partial charge in [0, 0.05) is 23.2 Å². The Labute approximate surface area is 81.2 Å². The highest BCUT2D eigenvalue weighted by Crippen LogP contribution is 1.88. The van der Waals surface area contributed by atoms with E-state index in [1.165, 1.54) is 0 Å². The van der Waals surface area contributed by atoms with Crippen LogP contribution in [0.5, 0.6) is 0 Å². The fourth-order valence-corrected chi connectivity index (χ4v) is 1.44. The van der Waals surface area contributed by atoms with Crippen LogP contribution in [0.15, 0.2) is 30.5 Å². The van der Waals surface area contributed by atoms with Crippen LogP contribution in [0, 0.1) is 0 Å². The van der Waals surface area contributed by atoms with Crippen molar-refractivity contribution in [3.8, 4) is 0 Å². The number of carbonyl (C=O) groups excluding carboxylic acids is 1. The molecule has 3 nitrogen and oxygen atoms in total. The molecule has 3 heteroatoms. The van der Waals surface area contributed by atoms with E-state index in [1.54, 1.807) is 18.5 Å². The van der Waals surface area contributed by atoms with Gasteiger partial charge in [0.05, 0.1) is 0 Å². The van der Waals surface area contributed by atoms with E-state index in [2.05, 4.69) is 5.32 Å². The van der Waals surface area contributed by atoms with E-state index < -0.39 is 5.91 Å². The summed E-state index contributed by atoms with van der Waals surface area (Å²) in [6, 6.07) is 5.48. The van der Waals surface area contributed by atoms with Crippen molar-refractivity contribution >= 4 is 18.2 Å². The molecule has 1 aliphatic rings. The summed E-state index contributed by atoms with van der Waals surface area (Å²) in [6.07, 6.45) is 7.38. The Balaban J connectivity index is 2.82. The minimum Gasteiger partial charge on any atom is -0.367 e. The number of primary amides is 1. The van der Waals surface area contributed by atoms with Gasteiger partial charge in [0.2, 0.25) is 5.91 Å². The van der Waals surface area contributed by atoms with E-state index in [1.807, 2.05) is 24.3 Å². The first-order valence-corrected chi connectivity index (χ1v) is 4.31. The van der Waals surface area contributed by atoms with Crippen molar-refractivity contribution in [1.82, 2.24) is 5.32 Å². The minimum atomic E-state index is -0.407. The second-order valence-electron chi connectivity index (χ2n) is 3.01. The molecule has 0 spiro atoms. The predicted octanol–water partition coefficient (Wildman–Crippen LogP) is -0.579. The molecule has 14 heavy (non-hydrogen) atoms. The van der Waals surface area contributed by atoms with Crippen molar-refractivity contribution < 1.29 is 4.79 Å². The lowest BCUT2D eigenvalue weighted by Gasteiger charge is -1.97. The molecule has 0 aromatic heterocycles. The molecule has 3 N–H and O–H groups in total. The number of carbonyl (C=O) groups is 1. The van der Waals surface area contributed by atoms with Crippen molar-refractivity contribution in [2.45, 2.75) is 0 Å². The quantitative estimate of drug-likeness (QED) is 0.616. The highest BCUT2D eigenvalue weighted by Gasteiger charge is 2.02. The van der Waals surface area contributed by atoms with Gasteiger partial charge in [-0.2, -0.15) is 0 Å². The van der Waals surface area contributed by atoms with Gasteiger partial charge in [-0.05, 0) is 17.4 Å². The molecule has 70 valence electrons. The fraction of sp³-hybridized carbons (Fsp3) is 0. The Bertz CT molecular complexity index is 515. The molecule has 1 heterocycles. The number of nitrogens with two attached hydrogens (primary N) is 1. The van der Waals surface area contributed by atoms with Crippen molar-refractivity contribution in [3.63, 3.8) is 0 Å². The molecular formula is C11H10N2O. The molecule has 0 unspecified atom stereocenters. The highest BCUT2D eigenvalue weighted by atomic mass is 16.1. The molecule has 0 bridgehead atoms. The van der Waals surface area contributed by atoms with Crippen LogP contribution >= 0.6 is 0 Å². The molecule has 1 aromatic carbocycles. The van der Waals surface area contributed by atoms with Gasteiger partial charge in [-0.25, -0.2) is 0 Å². The maximum absolute atomic E-state index is 11.1. The monoisotopic (exact) mass is 186 g/mol. The summed E-state index contributed by atoms with van der Waals surface area (Å²) in [5.74, 6) is -0.407. The molecule has 0 atom stereocenters. The van der Waals surface area contributed by atoms with Gasteiger partial charge in [-0.3, -0.25) is 4.79 Å². The van der Waals surface area contributed by atoms with E-state index in [4.69, 9.17) is 5.73 Å². The summed E-state index contributed by atoms with van der Waals surface area (Å²) in [5, 5.41) is 4.78. The van der Waals surface area contributed by atoms with Gasteiger partial charge in [-0.1, -0.05) is 18.2 Å². The first-order valence-electron chi connectivity index (χ1n) is 4.31. The number of rotatable bonds is 1. The number of allylic oxidation sites excluding steroid dienone is 1. The zero-order chi connectivity index (χ0) is 9.97. The van der Waals surface area contributed by atoms with E-state index >= 15 is 0 Å². The first-order chi connectivity index (χ1) is 6.79. The molecule has 0 fully saturated rings. The van der Waals surface area contributed by atoms with Crippen LogP contribution in [0.1, 0.15) is 10.4 Å². The molecule has 1 aliphatic heterocycles. The normalized spacial score (nSPS) is 12.9. The largest absolute Gasteiger partial charge is 0.367 e. The molecule has 0 saturated carbocycles. The molecule has 0 radical (unpaired) electrons. The summed E-state index contributed by atoms with van der Waals surface area (Å²) in [5.41, 5.74) is 5.80. The summed E-state index contributed by atoms with van der Waals surface area (Å²) < 4.78 is 0. The first kappa shape index (κ1) is 8.56. The average Bonchev–Trinajstić information content (AvgIpc) is 2.41. The van der Waals surface area contributed by atoms with Crippen LogP contribution in [0.4, 0.5) is 0 Å². The van der Waals surface area contributed by atoms with Crippen LogP contribution < -0.4 is 21.5 Å². The summed E-state index contributed by atoms with van der Waals surface area (Å²) >= 11 is 0. The molecule has 0 saturated heterocycles. The second kappa shape index (κ2) is 3.38. The predicted molar refractivity (Wildman–Crippen MR) is 55.4 cm³/mol. The summed E-state index contributed by atoms with van der Waals surface area (Å²) in [7, 11) is 0. The Kier molecular flexibility index (Phi) is 2.07. The van der Waals surface area contributed by atoms with Crippen LogP contribution in [-0.4, -0.2) is 5.91 Å². The lowest BCUT2D eigenvalue weighted by atomic mass is 10.1. The van der Waals surface area contributed by atoms with Crippen molar-refractivity contribution in [3.05, 3.63) is 46.5 Å². The molecular weight excluding hydrogens is 176 g/mol. The lowest BCUT2D eigenvalue weighted by Crippen LogP contribution is -2.33. The van der Waals surface area contributed by atoms with E-state index in [9.17, 15) is 4.79 Å². The topological polar surface area (TPSA) is 55.1 Å². The van der Waals surface area contributed by atoms with Gasteiger partial charge in [0.1, 0.15) is 0 Å². The second-order valence-corrected chi connectivity index (χ2v) is 3.01. The Morgan fingerprint density at radius 1 is 1.36 bits per heavy atom. The van der Waals surface area contributed by atoms with Gasteiger partial charge in [-0.15, -0.1) is 0 Å². The van der Waals surface area contributed by atoms with Crippen molar-refractivity contribution in [2.75, 3.05) is 0 Å². The Hall–Kier alpha value is -2.03. The zero-order valence-electron chi connectivity index (χ0n) is 7.53. The summed E-state index contributed by atoms with van der Waals surface area (Å²) in [6.45, 7) is 0. The number of fused-ring (bicyclic) bond motifs is 1. The van der Waals surface area contributed by atoms with Crippen LogP contribution in [0.2, 0.25) is 0 Å². The number of hydrogen-bond acceptors (Lipinski definition) is 2. The smallest absolute Gasteiger partial charge is 0.249 e. The maximum Gasteiger partial charge on any atom is 0.249 e. The third-order valence-electron chi connectivity index (χ3n) is 2.10. The average molecular weight is 186 g/mol. The number of benzene rings is 1. The third kappa shape index (κ3) is 1.40. The number of nitrogens with one attached hydrogen (secondary N) is 1. The zero-order valence-corrected chi connectivity index (χ0v) is 7.53. The third-order valence-corrected chi connectivity index (χ3v) is 2.10. The molecule has 0 aliphatic carbocycles. The van der Waals surface area contributed by atoms with Crippen molar-refractivity contribution in [1.29, 1.82) is 0 Å². The van der Waals surface area contributed by atoms with Gasteiger partial charge in [0.25, 0.3) is 0 Å². The summed E-state index contributed by atoms with van der Waals surface area (Å²) in [4.78, 5) is 11.1. The van der Waals surface area contributed by atoms with Gasteiger partial charge in [0.15, 0.2) is 0 Å². The van der Waals surface area contributed by atoms with Crippen LogP contribution in [-0.2, 0) is 0 Å². The standard InChI is InChI=1S/C11H10N2O/c12-11(14)9-5-1-3-8-4-2-6-13-7-10(8)9/h1-7,13H,(H2,12,14). The van der Waals surface area contributed by atoms with E-state index in [0.29, 0.717) is 5.56 Å². The van der Waals surface area contributed by atoms with Gasteiger partial charge < -0.3 is 11.1 Å². The Morgan fingerprint density at radius 2 is 2.21 bits per heavy atom. The highest BCUT2D eigenvalue weighted by molar-refractivity contribution is 5.93. The SMILES string of the molecule is NC(=O)c1cccc2c1=CNC=CC=2. The lowest BCUT2D eigenvalue weighted by molar-refractivity contribution is 0.0999. The molecule has 2 rings (SSSR count). The van der Waals surface area contributed by atoms with Crippen LogP contribution in [0.25, 0.3) is 12.3 Å². The maximum atomic E-state index is 11.1. The number of amides is 1. The van der Waals surface area contributed by atoms with Gasteiger partial charge >= 0.3 is 0 Å². The molecule has 1 amide bonds. The van der Waals surface area contributed by atoms with Crippen LogP contribution in [0.3, 0.4) is 0 Å². The Morgan fingerprint density at radius 3 is 3.00 bits per heavy atom. The minimum absolute atomic E-state index is 0.407. The van der Waals surface area contributed by atoms with E-state index in [-0.39, 0.29) is 0 Å².